The summed E-state index contributed by atoms with van der Waals surface area (Å²) in [5.41, 5.74) is 5.19. The molecule has 1 spiro atoms. The molecule has 1 heterocycles. The van der Waals surface area contributed by atoms with Gasteiger partial charge in [0.15, 0.2) is 5.78 Å². The van der Waals surface area contributed by atoms with E-state index in [9.17, 15) is 4.79 Å². The summed E-state index contributed by atoms with van der Waals surface area (Å²) in [5, 5.41) is 0. The van der Waals surface area contributed by atoms with Crippen LogP contribution in [0.2, 0.25) is 0 Å². The quantitative estimate of drug-likeness (QED) is 0.545. The molecule has 2 nitrogen and oxygen atoms in total. The van der Waals surface area contributed by atoms with Crippen LogP contribution >= 0.6 is 15.9 Å². The highest BCUT2D eigenvalue weighted by atomic mass is 79.9. The minimum Gasteiger partial charge on any atom is -0.363 e. The van der Waals surface area contributed by atoms with Gasteiger partial charge >= 0.3 is 0 Å². The van der Waals surface area contributed by atoms with Crippen LogP contribution in [0.1, 0.15) is 34.0 Å². The highest BCUT2D eigenvalue weighted by Crippen LogP contribution is 2.52. The molecule has 0 N–H and O–H groups in total. The van der Waals surface area contributed by atoms with Gasteiger partial charge in [-0.1, -0.05) is 70.5 Å². The van der Waals surface area contributed by atoms with Crippen molar-refractivity contribution in [2.24, 2.45) is 0 Å². The SMILES string of the molecule is C[C@@H]1N(Cc2cccc(Br)c2)c2ccccc2[C@@]12Cc1ccccc1C2=O. The van der Waals surface area contributed by atoms with E-state index in [1.54, 1.807) is 0 Å². The van der Waals surface area contributed by atoms with E-state index in [0.29, 0.717) is 0 Å². The first-order valence-electron chi connectivity index (χ1n) is 9.34. The van der Waals surface area contributed by atoms with Crippen molar-refractivity contribution in [3.05, 3.63) is 99.5 Å². The Morgan fingerprint density at radius 1 is 1.04 bits per heavy atom. The number of hydrogen-bond acceptors (Lipinski definition) is 2. The first-order chi connectivity index (χ1) is 13.1. The van der Waals surface area contributed by atoms with E-state index in [2.05, 4.69) is 76.3 Å². The summed E-state index contributed by atoms with van der Waals surface area (Å²) < 4.78 is 1.08. The van der Waals surface area contributed by atoms with Gasteiger partial charge < -0.3 is 4.90 Å². The lowest BCUT2D eigenvalue weighted by molar-refractivity contribution is 0.0890. The molecule has 0 fully saturated rings. The Labute approximate surface area is 168 Å². The standard InChI is InChI=1S/C24H20BrNO/c1-16-24(14-18-8-2-3-10-20(18)23(24)27)21-11-4-5-12-22(21)26(16)15-17-7-6-9-19(25)13-17/h2-13,16H,14-15H2,1H3/t16-,24+/m0/s1. The first kappa shape index (κ1) is 16.8. The molecule has 0 bridgehead atoms. The first-order valence-corrected chi connectivity index (χ1v) is 10.1. The predicted octanol–water partition coefficient (Wildman–Crippen LogP) is 5.53. The topological polar surface area (TPSA) is 20.3 Å². The van der Waals surface area contributed by atoms with E-state index in [0.717, 1.165) is 23.0 Å². The number of hydrogen-bond donors (Lipinski definition) is 0. The molecule has 0 aromatic heterocycles. The van der Waals surface area contributed by atoms with E-state index in [1.807, 2.05) is 24.3 Å². The molecule has 0 saturated heterocycles. The van der Waals surface area contributed by atoms with Gasteiger partial charge in [0.2, 0.25) is 0 Å². The van der Waals surface area contributed by atoms with E-state index < -0.39 is 5.41 Å². The predicted molar refractivity (Wildman–Crippen MR) is 112 cm³/mol. The maximum absolute atomic E-state index is 13.6. The van der Waals surface area contributed by atoms with E-state index in [4.69, 9.17) is 0 Å². The van der Waals surface area contributed by atoms with Crippen LogP contribution in [0.15, 0.2) is 77.3 Å². The molecule has 3 aromatic carbocycles. The molecule has 3 aromatic rings. The lowest BCUT2D eigenvalue weighted by Gasteiger charge is -2.33. The van der Waals surface area contributed by atoms with Crippen molar-refractivity contribution < 1.29 is 4.79 Å². The van der Waals surface area contributed by atoms with Crippen LogP contribution in [0.3, 0.4) is 0 Å². The number of nitrogens with zero attached hydrogens (tertiary/aromatic N) is 1. The Morgan fingerprint density at radius 3 is 2.63 bits per heavy atom. The third kappa shape index (κ3) is 2.34. The van der Waals surface area contributed by atoms with E-state index in [-0.39, 0.29) is 11.8 Å². The molecular weight excluding hydrogens is 398 g/mol. The Balaban J connectivity index is 1.63. The lowest BCUT2D eigenvalue weighted by atomic mass is 9.74. The summed E-state index contributed by atoms with van der Waals surface area (Å²) in [6.45, 7) is 3.00. The normalized spacial score (nSPS) is 23.0. The monoisotopic (exact) mass is 417 g/mol. The maximum Gasteiger partial charge on any atom is 0.176 e. The van der Waals surface area contributed by atoms with Crippen molar-refractivity contribution >= 4 is 27.4 Å². The van der Waals surface area contributed by atoms with Crippen molar-refractivity contribution in [3.63, 3.8) is 0 Å². The van der Waals surface area contributed by atoms with Crippen LogP contribution in [0.25, 0.3) is 0 Å². The number of carbonyl (C=O) groups excluding carboxylic acids is 1. The van der Waals surface area contributed by atoms with Crippen molar-refractivity contribution in [3.8, 4) is 0 Å². The summed E-state index contributed by atoms with van der Waals surface area (Å²) in [6.07, 6.45) is 0.787. The zero-order chi connectivity index (χ0) is 18.6. The summed E-state index contributed by atoms with van der Waals surface area (Å²) in [5.74, 6) is 0.273. The summed E-state index contributed by atoms with van der Waals surface area (Å²) in [4.78, 5) is 16.0. The largest absolute Gasteiger partial charge is 0.363 e. The second-order valence-corrected chi connectivity index (χ2v) is 8.50. The molecule has 0 amide bonds. The van der Waals surface area contributed by atoms with E-state index in [1.165, 1.54) is 22.4 Å². The number of fused-ring (bicyclic) bond motifs is 3. The molecule has 0 unspecified atom stereocenters. The number of rotatable bonds is 2. The molecule has 5 rings (SSSR count). The van der Waals surface area contributed by atoms with Crippen molar-refractivity contribution in [1.29, 1.82) is 0 Å². The average Bonchev–Trinajstić information content (AvgIpc) is 3.11. The van der Waals surface area contributed by atoms with Crippen LogP contribution in [0, 0.1) is 0 Å². The Kier molecular flexibility index (Phi) is 3.76. The molecule has 0 saturated carbocycles. The van der Waals surface area contributed by atoms with Crippen molar-refractivity contribution in [2.45, 2.75) is 31.3 Å². The van der Waals surface area contributed by atoms with Crippen LogP contribution in [-0.2, 0) is 18.4 Å². The number of Topliss-reactive ketones (excluding diaryl/α,β-unsaturated/α-hetero) is 1. The van der Waals surface area contributed by atoms with Crippen molar-refractivity contribution in [1.82, 2.24) is 0 Å². The van der Waals surface area contributed by atoms with Crippen LogP contribution in [0.4, 0.5) is 5.69 Å². The second-order valence-electron chi connectivity index (χ2n) is 7.59. The molecule has 134 valence electrons. The van der Waals surface area contributed by atoms with Gasteiger partial charge in [-0.3, -0.25) is 4.79 Å². The average molecular weight is 418 g/mol. The van der Waals surface area contributed by atoms with Crippen LogP contribution < -0.4 is 4.90 Å². The van der Waals surface area contributed by atoms with Crippen molar-refractivity contribution in [2.75, 3.05) is 4.90 Å². The highest BCUT2D eigenvalue weighted by molar-refractivity contribution is 9.10. The van der Waals surface area contributed by atoms with Gasteiger partial charge in [0, 0.05) is 28.3 Å². The Morgan fingerprint density at radius 2 is 1.81 bits per heavy atom. The molecule has 0 radical (unpaired) electrons. The van der Waals surface area contributed by atoms with Gasteiger partial charge in [0.05, 0.1) is 5.41 Å². The van der Waals surface area contributed by atoms with E-state index >= 15 is 0 Å². The van der Waals surface area contributed by atoms with Gasteiger partial charge in [-0.15, -0.1) is 0 Å². The second kappa shape index (κ2) is 6.07. The number of anilines is 1. The molecule has 2 aliphatic rings. The van der Waals surface area contributed by atoms with Gasteiger partial charge in [-0.2, -0.15) is 0 Å². The molecule has 1 aliphatic carbocycles. The zero-order valence-corrected chi connectivity index (χ0v) is 16.7. The zero-order valence-electron chi connectivity index (χ0n) is 15.2. The van der Waals surface area contributed by atoms with Gasteiger partial charge in [-0.25, -0.2) is 0 Å². The smallest absolute Gasteiger partial charge is 0.176 e. The number of ketones is 1. The molecule has 3 heteroatoms. The Bertz CT molecular complexity index is 1060. The fourth-order valence-corrected chi connectivity index (χ4v) is 5.37. The fraction of sp³-hybridized carbons (Fsp3) is 0.208. The molecule has 1 aliphatic heterocycles. The van der Waals surface area contributed by atoms with Gasteiger partial charge in [-0.05, 0) is 48.2 Å². The van der Waals surface area contributed by atoms with Crippen LogP contribution in [-0.4, -0.2) is 11.8 Å². The molecular formula is C24H20BrNO. The molecule has 2 atom stereocenters. The minimum atomic E-state index is -0.480. The maximum atomic E-state index is 13.6. The number of benzene rings is 3. The fourth-order valence-electron chi connectivity index (χ4n) is 4.93. The summed E-state index contributed by atoms with van der Waals surface area (Å²) >= 11 is 3.57. The van der Waals surface area contributed by atoms with Gasteiger partial charge in [0.25, 0.3) is 0 Å². The Hall–Kier alpha value is -2.39. The lowest BCUT2D eigenvalue weighted by Crippen LogP contribution is -2.46. The van der Waals surface area contributed by atoms with Crippen LogP contribution in [0.5, 0.6) is 0 Å². The summed E-state index contributed by atoms with van der Waals surface area (Å²) in [6, 6.07) is 25.1. The summed E-state index contributed by atoms with van der Waals surface area (Å²) in [7, 11) is 0. The third-order valence-corrected chi connectivity index (χ3v) is 6.75. The minimum absolute atomic E-state index is 0.105. The molecule has 27 heavy (non-hydrogen) atoms. The number of para-hydroxylation sites is 1. The highest BCUT2D eigenvalue weighted by Gasteiger charge is 2.57. The van der Waals surface area contributed by atoms with Gasteiger partial charge in [0.1, 0.15) is 0 Å². The number of halogens is 1. The number of carbonyl (C=O) groups is 1. The third-order valence-electron chi connectivity index (χ3n) is 6.25.